The molecule has 0 aliphatic rings. The quantitative estimate of drug-likeness (QED) is 0.529. The number of amides is 2. The topological polar surface area (TPSA) is 73.8 Å². The van der Waals surface area contributed by atoms with Gasteiger partial charge in [0.05, 0.1) is 18.8 Å². The van der Waals surface area contributed by atoms with Crippen molar-refractivity contribution in [2.75, 3.05) is 24.5 Å². The van der Waals surface area contributed by atoms with Gasteiger partial charge in [-0.25, -0.2) is 5.43 Å². The minimum absolute atomic E-state index is 0.163. The number of para-hydroxylation sites is 1. The largest absolute Gasteiger partial charge is 0.362 e. The van der Waals surface area contributed by atoms with Gasteiger partial charge in [0.25, 0.3) is 11.8 Å². The van der Waals surface area contributed by atoms with Crippen LogP contribution in [0, 0.1) is 0 Å². The second-order valence-corrected chi connectivity index (χ2v) is 5.96. The molecule has 2 N–H and O–H groups in total. The molecular formula is C21H26N4O2. The van der Waals surface area contributed by atoms with Crippen molar-refractivity contribution in [1.82, 2.24) is 10.7 Å². The van der Waals surface area contributed by atoms with Crippen molar-refractivity contribution in [3.8, 4) is 0 Å². The predicted molar refractivity (Wildman–Crippen MR) is 109 cm³/mol. The van der Waals surface area contributed by atoms with Gasteiger partial charge >= 0.3 is 0 Å². The molecule has 0 fully saturated rings. The number of carbonyl (C=O) groups excluding carboxylic acids is 2. The van der Waals surface area contributed by atoms with E-state index in [1.54, 1.807) is 12.1 Å². The zero-order valence-electron chi connectivity index (χ0n) is 15.8. The van der Waals surface area contributed by atoms with Gasteiger partial charge in [0.2, 0.25) is 0 Å². The lowest BCUT2D eigenvalue weighted by molar-refractivity contribution is -0.119. The zero-order chi connectivity index (χ0) is 19.5. The van der Waals surface area contributed by atoms with E-state index in [0.29, 0.717) is 24.2 Å². The molecule has 0 saturated heterocycles. The van der Waals surface area contributed by atoms with Gasteiger partial charge in [0.15, 0.2) is 0 Å². The highest BCUT2D eigenvalue weighted by Gasteiger charge is 2.10. The van der Waals surface area contributed by atoms with Crippen molar-refractivity contribution in [3.63, 3.8) is 0 Å². The maximum atomic E-state index is 12.2. The summed E-state index contributed by atoms with van der Waals surface area (Å²) in [5.41, 5.74) is 4.88. The molecule has 0 saturated carbocycles. The van der Waals surface area contributed by atoms with Crippen LogP contribution in [-0.4, -0.2) is 37.2 Å². The molecule has 0 aliphatic heterocycles. The number of benzene rings is 2. The fourth-order valence-corrected chi connectivity index (χ4v) is 2.49. The van der Waals surface area contributed by atoms with Crippen LogP contribution in [0.2, 0.25) is 0 Å². The summed E-state index contributed by atoms with van der Waals surface area (Å²) >= 11 is 0. The Hall–Kier alpha value is -3.15. The second-order valence-electron chi connectivity index (χ2n) is 5.96. The minimum Gasteiger partial charge on any atom is -0.362 e. The second kappa shape index (κ2) is 10.8. The Kier molecular flexibility index (Phi) is 8.03. The lowest BCUT2D eigenvalue weighted by atomic mass is 10.2. The van der Waals surface area contributed by atoms with E-state index in [1.165, 1.54) is 0 Å². The molecule has 0 unspecified atom stereocenters. The third-order valence-corrected chi connectivity index (χ3v) is 4.07. The third-order valence-electron chi connectivity index (χ3n) is 4.07. The van der Waals surface area contributed by atoms with Gasteiger partial charge < -0.3 is 10.2 Å². The number of nitrogens with zero attached hydrogens (tertiary/aromatic N) is 2. The van der Waals surface area contributed by atoms with Crippen molar-refractivity contribution in [2.45, 2.75) is 20.3 Å². The number of rotatable bonds is 9. The number of nitrogens with one attached hydrogen (secondary N) is 2. The molecule has 2 aromatic carbocycles. The third kappa shape index (κ3) is 6.58. The fraction of sp³-hybridized carbons (Fsp3) is 0.286. The Morgan fingerprint density at radius 1 is 0.963 bits per heavy atom. The number of hydrogen-bond acceptors (Lipinski definition) is 4. The molecule has 142 valence electrons. The van der Waals surface area contributed by atoms with E-state index in [9.17, 15) is 9.59 Å². The molecule has 0 heterocycles. The van der Waals surface area contributed by atoms with Gasteiger partial charge in [-0.05, 0) is 37.6 Å². The Bertz CT molecular complexity index is 760. The van der Waals surface area contributed by atoms with Crippen LogP contribution in [0.4, 0.5) is 5.69 Å². The van der Waals surface area contributed by atoms with Crippen molar-refractivity contribution in [2.24, 2.45) is 5.10 Å². The number of hydrazone groups is 1. The number of likely N-dealkylation sites (N-methyl/N-ethyl adjacent to an activating group) is 1. The van der Waals surface area contributed by atoms with Gasteiger partial charge in [-0.15, -0.1) is 0 Å². The maximum absolute atomic E-state index is 12.2. The van der Waals surface area contributed by atoms with Crippen LogP contribution < -0.4 is 15.6 Å². The van der Waals surface area contributed by atoms with Crippen LogP contribution in [0.3, 0.4) is 0 Å². The highest BCUT2D eigenvalue weighted by atomic mass is 16.2. The van der Waals surface area contributed by atoms with E-state index in [2.05, 4.69) is 15.8 Å². The SMILES string of the molecule is CC/C(CNC(=O)c1ccccc1)=N\NC(=O)CN(CC)c1ccccc1. The highest BCUT2D eigenvalue weighted by Crippen LogP contribution is 2.11. The maximum Gasteiger partial charge on any atom is 0.259 e. The van der Waals surface area contributed by atoms with Gasteiger partial charge in [-0.1, -0.05) is 43.3 Å². The van der Waals surface area contributed by atoms with E-state index in [1.807, 2.05) is 67.3 Å². The molecule has 0 bridgehead atoms. The zero-order valence-corrected chi connectivity index (χ0v) is 15.8. The molecule has 0 radical (unpaired) electrons. The predicted octanol–water partition coefficient (Wildman–Crippen LogP) is 2.83. The van der Waals surface area contributed by atoms with Gasteiger partial charge in [0, 0.05) is 17.8 Å². The van der Waals surface area contributed by atoms with E-state index in [4.69, 9.17) is 0 Å². The lowest BCUT2D eigenvalue weighted by Gasteiger charge is -2.21. The van der Waals surface area contributed by atoms with E-state index >= 15 is 0 Å². The summed E-state index contributed by atoms with van der Waals surface area (Å²) in [4.78, 5) is 26.3. The van der Waals surface area contributed by atoms with Gasteiger partial charge in [-0.2, -0.15) is 5.10 Å². The summed E-state index contributed by atoms with van der Waals surface area (Å²) in [5, 5.41) is 6.98. The first-order valence-electron chi connectivity index (χ1n) is 9.11. The summed E-state index contributed by atoms with van der Waals surface area (Å²) in [6, 6.07) is 18.8. The highest BCUT2D eigenvalue weighted by molar-refractivity contribution is 5.98. The average molecular weight is 366 g/mol. The number of hydrogen-bond donors (Lipinski definition) is 2. The van der Waals surface area contributed by atoms with Crippen LogP contribution in [-0.2, 0) is 4.79 Å². The average Bonchev–Trinajstić information content (AvgIpc) is 2.73. The van der Waals surface area contributed by atoms with Crippen LogP contribution in [0.15, 0.2) is 65.8 Å². The van der Waals surface area contributed by atoms with Crippen LogP contribution in [0.1, 0.15) is 30.6 Å². The van der Waals surface area contributed by atoms with Crippen LogP contribution >= 0.6 is 0 Å². The molecule has 2 aromatic rings. The summed E-state index contributed by atoms with van der Waals surface area (Å²) in [5.74, 6) is -0.356. The Labute approximate surface area is 160 Å². The molecule has 27 heavy (non-hydrogen) atoms. The number of carbonyl (C=O) groups is 2. The standard InChI is InChI=1S/C21H26N4O2/c1-3-18(15-22-21(27)17-11-7-5-8-12-17)23-24-20(26)16-25(4-2)19-13-9-6-10-14-19/h5-14H,3-4,15-16H2,1-2H3,(H,22,27)(H,24,26)/b23-18+. The van der Waals surface area contributed by atoms with Crippen molar-refractivity contribution >= 4 is 23.2 Å². The van der Waals surface area contributed by atoms with Crippen LogP contribution in [0.25, 0.3) is 0 Å². The lowest BCUT2D eigenvalue weighted by Crippen LogP contribution is -2.36. The monoisotopic (exact) mass is 366 g/mol. The number of anilines is 1. The van der Waals surface area contributed by atoms with Crippen molar-refractivity contribution in [1.29, 1.82) is 0 Å². The summed E-state index contributed by atoms with van der Waals surface area (Å²) in [6.45, 7) is 5.16. The first kappa shape index (κ1) is 20.2. The molecule has 0 aliphatic carbocycles. The van der Waals surface area contributed by atoms with Gasteiger partial charge in [0.1, 0.15) is 0 Å². The molecule has 6 nitrogen and oxygen atoms in total. The molecule has 2 amide bonds. The molecule has 6 heteroatoms. The molecular weight excluding hydrogens is 340 g/mol. The van der Waals surface area contributed by atoms with Gasteiger partial charge in [-0.3, -0.25) is 9.59 Å². The molecule has 0 aromatic heterocycles. The molecule has 0 spiro atoms. The Morgan fingerprint density at radius 2 is 1.59 bits per heavy atom. The molecule has 2 rings (SSSR count). The van der Waals surface area contributed by atoms with Crippen molar-refractivity contribution in [3.05, 3.63) is 66.2 Å². The fourth-order valence-electron chi connectivity index (χ4n) is 2.49. The van der Waals surface area contributed by atoms with E-state index in [-0.39, 0.29) is 18.4 Å². The Balaban J connectivity index is 1.86. The summed E-state index contributed by atoms with van der Waals surface area (Å²) < 4.78 is 0. The Morgan fingerprint density at radius 3 is 2.19 bits per heavy atom. The van der Waals surface area contributed by atoms with E-state index in [0.717, 1.165) is 12.2 Å². The minimum atomic E-state index is -0.193. The van der Waals surface area contributed by atoms with Crippen molar-refractivity contribution < 1.29 is 9.59 Å². The summed E-state index contributed by atoms with van der Waals surface area (Å²) in [7, 11) is 0. The van der Waals surface area contributed by atoms with E-state index < -0.39 is 0 Å². The first-order chi connectivity index (χ1) is 13.1. The normalized spacial score (nSPS) is 11.0. The first-order valence-corrected chi connectivity index (χ1v) is 9.11. The van der Waals surface area contributed by atoms with Crippen LogP contribution in [0.5, 0.6) is 0 Å². The smallest absolute Gasteiger partial charge is 0.259 e. The summed E-state index contributed by atoms with van der Waals surface area (Å²) in [6.07, 6.45) is 0.630. The molecule has 0 atom stereocenters.